The number of rotatable bonds is 7. The molecule has 2 amide bonds. The van der Waals surface area contributed by atoms with Gasteiger partial charge in [-0.05, 0) is 27.8 Å². The zero-order valence-corrected chi connectivity index (χ0v) is 19.4. The summed E-state index contributed by atoms with van der Waals surface area (Å²) in [4.78, 5) is 38.7. The van der Waals surface area contributed by atoms with Crippen LogP contribution in [0.4, 0.5) is 4.79 Å². The van der Waals surface area contributed by atoms with Crippen LogP contribution in [0.2, 0.25) is 0 Å². The molecule has 184 valence electrons. The van der Waals surface area contributed by atoms with E-state index in [0.717, 1.165) is 32.7 Å². The number of benzene rings is 3. The molecular formula is C28H26N2O6. The van der Waals surface area contributed by atoms with E-state index in [4.69, 9.17) is 4.74 Å². The van der Waals surface area contributed by atoms with Gasteiger partial charge in [0.25, 0.3) is 0 Å². The number of nitrogens with zero attached hydrogens (tertiary/aromatic N) is 1. The van der Waals surface area contributed by atoms with Gasteiger partial charge in [-0.15, -0.1) is 0 Å². The van der Waals surface area contributed by atoms with E-state index in [2.05, 4.69) is 5.32 Å². The molecule has 5 rings (SSSR count). The predicted molar refractivity (Wildman–Crippen MR) is 131 cm³/mol. The number of hydrogen-bond donors (Lipinski definition) is 3. The first kappa shape index (κ1) is 23.6. The molecule has 36 heavy (non-hydrogen) atoms. The van der Waals surface area contributed by atoms with Crippen LogP contribution in [0.3, 0.4) is 0 Å². The molecule has 3 N–H and O–H groups in total. The minimum absolute atomic E-state index is 0.0618. The van der Waals surface area contributed by atoms with E-state index in [9.17, 15) is 24.6 Å². The van der Waals surface area contributed by atoms with E-state index >= 15 is 0 Å². The maximum absolute atomic E-state index is 13.0. The normalized spacial score (nSPS) is 19.5. The molecule has 2 aliphatic rings. The molecule has 0 radical (unpaired) electrons. The van der Waals surface area contributed by atoms with Crippen LogP contribution < -0.4 is 5.32 Å². The Labute approximate surface area is 208 Å². The topological polar surface area (TPSA) is 116 Å². The summed E-state index contributed by atoms with van der Waals surface area (Å²) in [5, 5.41) is 22.7. The number of aliphatic hydroxyl groups excluding tert-OH is 1. The molecule has 3 atom stereocenters. The van der Waals surface area contributed by atoms with Gasteiger partial charge in [0.15, 0.2) is 0 Å². The molecule has 0 saturated carbocycles. The molecule has 0 aromatic heterocycles. The number of amides is 2. The van der Waals surface area contributed by atoms with Crippen molar-refractivity contribution in [3.8, 4) is 11.1 Å². The van der Waals surface area contributed by atoms with Crippen molar-refractivity contribution in [2.45, 2.75) is 30.5 Å². The van der Waals surface area contributed by atoms with Gasteiger partial charge in [-0.25, -0.2) is 9.59 Å². The Morgan fingerprint density at radius 2 is 1.53 bits per heavy atom. The first-order valence-corrected chi connectivity index (χ1v) is 11.8. The lowest BCUT2D eigenvalue weighted by Gasteiger charge is -2.24. The number of likely N-dealkylation sites (tertiary alicyclic amines) is 1. The molecule has 1 heterocycles. The van der Waals surface area contributed by atoms with Gasteiger partial charge in [0.1, 0.15) is 24.8 Å². The molecule has 1 saturated heterocycles. The highest BCUT2D eigenvalue weighted by atomic mass is 16.5. The number of carboxylic acids is 1. The molecule has 8 nitrogen and oxygen atoms in total. The number of carboxylic acid groups (broad SMARTS) is 1. The van der Waals surface area contributed by atoms with Crippen molar-refractivity contribution >= 4 is 18.0 Å². The first-order chi connectivity index (χ1) is 17.4. The Hall–Kier alpha value is -4.17. The van der Waals surface area contributed by atoms with E-state index < -0.39 is 36.2 Å². The average Bonchev–Trinajstić information content (AvgIpc) is 3.35. The number of alkyl carbamates (subject to hydrolysis) is 1. The molecular weight excluding hydrogens is 460 g/mol. The summed E-state index contributed by atoms with van der Waals surface area (Å²) in [6, 6.07) is 22.4. The summed E-state index contributed by atoms with van der Waals surface area (Å²) in [6.45, 7) is -0.136. The lowest BCUT2D eigenvalue weighted by Crippen LogP contribution is -2.49. The van der Waals surface area contributed by atoms with Crippen molar-refractivity contribution in [3.63, 3.8) is 0 Å². The van der Waals surface area contributed by atoms with Crippen molar-refractivity contribution in [1.82, 2.24) is 10.2 Å². The van der Waals surface area contributed by atoms with Crippen LogP contribution in [0.25, 0.3) is 11.1 Å². The second-order valence-electron chi connectivity index (χ2n) is 9.05. The third-order valence-electron chi connectivity index (χ3n) is 6.87. The van der Waals surface area contributed by atoms with Gasteiger partial charge >= 0.3 is 12.1 Å². The smallest absolute Gasteiger partial charge is 0.407 e. The van der Waals surface area contributed by atoms with Gasteiger partial charge in [0.2, 0.25) is 5.91 Å². The summed E-state index contributed by atoms with van der Waals surface area (Å²) in [6.07, 6.45) is -2.01. The number of fused-ring (bicyclic) bond motifs is 3. The lowest BCUT2D eigenvalue weighted by atomic mass is 9.98. The Kier molecular flexibility index (Phi) is 6.43. The number of hydrogen-bond acceptors (Lipinski definition) is 5. The molecule has 0 spiro atoms. The minimum atomic E-state index is -1.28. The van der Waals surface area contributed by atoms with E-state index in [0.29, 0.717) is 0 Å². The highest BCUT2D eigenvalue weighted by Gasteiger charge is 2.45. The van der Waals surface area contributed by atoms with Crippen LogP contribution in [0, 0.1) is 0 Å². The van der Waals surface area contributed by atoms with Crippen molar-refractivity contribution in [1.29, 1.82) is 0 Å². The third-order valence-corrected chi connectivity index (χ3v) is 6.87. The molecule has 1 fully saturated rings. The fraction of sp³-hybridized carbons (Fsp3) is 0.250. The van der Waals surface area contributed by atoms with Crippen molar-refractivity contribution < 1.29 is 29.3 Å². The summed E-state index contributed by atoms with van der Waals surface area (Å²) < 4.78 is 5.49. The monoisotopic (exact) mass is 486 g/mol. The Morgan fingerprint density at radius 1 is 0.944 bits per heavy atom. The first-order valence-electron chi connectivity index (χ1n) is 11.8. The van der Waals surface area contributed by atoms with Crippen LogP contribution in [0.1, 0.15) is 22.6 Å². The number of carbonyl (C=O) groups is 3. The van der Waals surface area contributed by atoms with Crippen LogP contribution in [-0.2, 0) is 20.7 Å². The number of β-amino-alcohol motifs (C(OH)–C–C–N with tert-alkyl or cyclic N) is 1. The van der Waals surface area contributed by atoms with Gasteiger partial charge in [-0.1, -0.05) is 78.9 Å². The van der Waals surface area contributed by atoms with Gasteiger partial charge in [-0.3, -0.25) is 4.79 Å². The largest absolute Gasteiger partial charge is 0.480 e. The molecule has 8 heteroatoms. The highest BCUT2D eigenvalue weighted by molar-refractivity contribution is 5.92. The van der Waals surface area contributed by atoms with Crippen molar-refractivity contribution in [2.24, 2.45) is 0 Å². The molecule has 0 bridgehead atoms. The fourth-order valence-corrected chi connectivity index (χ4v) is 5.11. The maximum Gasteiger partial charge on any atom is 0.407 e. The molecule has 3 aromatic rings. The van der Waals surface area contributed by atoms with Gasteiger partial charge < -0.3 is 25.2 Å². The lowest BCUT2D eigenvalue weighted by molar-refractivity contribution is -0.148. The quantitative estimate of drug-likeness (QED) is 0.473. The zero-order valence-electron chi connectivity index (χ0n) is 19.4. The Balaban J connectivity index is 1.24. The van der Waals surface area contributed by atoms with E-state index in [-0.39, 0.29) is 25.5 Å². The summed E-state index contributed by atoms with van der Waals surface area (Å²) in [7, 11) is 0. The van der Waals surface area contributed by atoms with Gasteiger partial charge in [0.05, 0.1) is 6.54 Å². The highest BCUT2D eigenvalue weighted by Crippen LogP contribution is 2.44. The predicted octanol–water partition coefficient (Wildman–Crippen LogP) is 2.79. The minimum Gasteiger partial charge on any atom is -0.480 e. The Morgan fingerprint density at radius 3 is 2.14 bits per heavy atom. The number of nitrogens with one attached hydrogen (secondary N) is 1. The van der Waals surface area contributed by atoms with Gasteiger partial charge in [-0.2, -0.15) is 0 Å². The van der Waals surface area contributed by atoms with Crippen LogP contribution in [-0.4, -0.2) is 64.4 Å². The molecule has 1 unspecified atom stereocenters. The Bertz CT molecular complexity index is 1250. The zero-order chi connectivity index (χ0) is 25.2. The van der Waals surface area contributed by atoms with E-state index in [1.54, 1.807) is 24.3 Å². The number of carbonyl (C=O) groups excluding carboxylic acids is 2. The standard InChI is InChI=1S/C28H26N2O6/c31-24-15-30(23(27(33)34)14-17-8-2-1-3-9-17)26(32)25(24)29-28(35)36-16-22-20-12-6-4-10-18(20)19-11-5-7-13-21(19)22/h1-13,22-25,31H,14-16H2,(H,29,35)(H,33,34)/t23-,24?,25-/m0/s1. The van der Waals surface area contributed by atoms with Gasteiger partial charge in [0, 0.05) is 12.3 Å². The van der Waals surface area contributed by atoms with Crippen molar-refractivity contribution in [2.75, 3.05) is 13.2 Å². The SMILES string of the molecule is O=C(N[C@@H]1C(=O)N([C@@H](Cc2ccccc2)C(=O)O)CC1O)OCC1c2ccccc2-c2ccccc21. The van der Waals surface area contributed by atoms with Crippen LogP contribution in [0.15, 0.2) is 78.9 Å². The van der Waals surface area contributed by atoms with Crippen LogP contribution in [0.5, 0.6) is 0 Å². The second kappa shape index (κ2) is 9.83. The number of aliphatic hydroxyl groups is 1. The molecule has 1 aliphatic carbocycles. The summed E-state index contributed by atoms with van der Waals surface area (Å²) in [5.74, 6) is -1.98. The third kappa shape index (κ3) is 4.43. The second-order valence-corrected chi connectivity index (χ2v) is 9.05. The maximum atomic E-state index is 13.0. The summed E-state index contributed by atoms with van der Waals surface area (Å²) in [5.41, 5.74) is 5.05. The van der Waals surface area contributed by atoms with E-state index in [1.807, 2.05) is 54.6 Å². The molecule has 3 aromatic carbocycles. The van der Waals surface area contributed by atoms with Crippen LogP contribution >= 0.6 is 0 Å². The number of ether oxygens (including phenoxy) is 1. The van der Waals surface area contributed by atoms with E-state index in [1.165, 1.54) is 0 Å². The van der Waals surface area contributed by atoms with Crippen molar-refractivity contribution in [3.05, 3.63) is 95.6 Å². The average molecular weight is 487 g/mol. The number of aliphatic carboxylic acids is 1. The summed E-state index contributed by atoms with van der Waals surface area (Å²) >= 11 is 0. The fourth-order valence-electron chi connectivity index (χ4n) is 5.11. The molecule has 1 aliphatic heterocycles.